The lowest BCUT2D eigenvalue weighted by Crippen LogP contribution is -2.25. The minimum absolute atomic E-state index is 0.185. The lowest BCUT2D eigenvalue weighted by Gasteiger charge is -2.18. The number of phenolic OH excluding ortho intramolecular Hbond substituents is 1. The highest BCUT2D eigenvalue weighted by atomic mass is 16.6. The number of hydrogen-bond acceptors (Lipinski definition) is 7. The average molecular weight is 281 g/mol. The van der Waals surface area contributed by atoms with Gasteiger partial charge in [-0.15, -0.1) is 0 Å². The number of phenols is 1. The Hall–Kier alpha value is -2.70. The SMILES string of the molecule is N#Cc1cc(C(O)C(O)CC(N)=O)c(O)c([N+](=O)[O-])c1. The topological polar surface area (TPSA) is 171 Å². The molecule has 9 nitrogen and oxygen atoms in total. The number of aromatic hydroxyl groups is 1. The van der Waals surface area contributed by atoms with E-state index < -0.39 is 46.5 Å². The molecule has 0 aromatic heterocycles. The zero-order valence-corrected chi connectivity index (χ0v) is 10.1. The van der Waals surface area contributed by atoms with Crippen LogP contribution in [0.5, 0.6) is 5.75 Å². The third kappa shape index (κ3) is 3.19. The van der Waals surface area contributed by atoms with Crippen LogP contribution in [0.15, 0.2) is 12.1 Å². The van der Waals surface area contributed by atoms with Crippen LogP contribution in [-0.4, -0.2) is 32.3 Å². The predicted molar refractivity (Wildman–Crippen MR) is 64.3 cm³/mol. The summed E-state index contributed by atoms with van der Waals surface area (Å²) in [6, 6.07) is 3.43. The van der Waals surface area contributed by atoms with Gasteiger partial charge in [0.05, 0.1) is 29.1 Å². The van der Waals surface area contributed by atoms with Crippen LogP contribution in [0.4, 0.5) is 5.69 Å². The van der Waals surface area contributed by atoms with E-state index in [4.69, 9.17) is 11.0 Å². The van der Waals surface area contributed by atoms with Crippen molar-refractivity contribution in [3.05, 3.63) is 33.4 Å². The summed E-state index contributed by atoms with van der Waals surface area (Å²) in [5.74, 6) is -1.79. The molecule has 2 unspecified atom stereocenters. The van der Waals surface area contributed by atoms with Gasteiger partial charge in [-0.25, -0.2) is 0 Å². The fraction of sp³-hybridized carbons (Fsp3) is 0.273. The van der Waals surface area contributed by atoms with E-state index in [0.29, 0.717) is 0 Å². The summed E-state index contributed by atoms with van der Waals surface area (Å²) < 4.78 is 0. The molecule has 106 valence electrons. The van der Waals surface area contributed by atoms with E-state index in [9.17, 15) is 30.2 Å². The maximum Gasteiger partial charge on any atom is 0.312 e. The Bertz CT molecular complexity index is 595. The fourth-order valence-corrected chi connectivity index (χ4v) is 1.60. The van der Waals surface area contributed by atoms with E-state index in [1.807, 2.05) is 0 Å². The van der Waals surface area contributed by atoms with Crippen LogP contribution < -0.4 is 5.73 Å². The van der Waals surface area contributed by atoms with Crippen molar-refractivity contribution >= 4 is 11.6 Å². The zero-order valence-electron chi connectivity index (χ0n) is 10.1. The standard InChI is InChI=1S/C11H11N3O6/c12-4-5-1-6(10(17)7(2-5)14(19)20)11(18)8(15)3-9(13)16/h1-2,8,11,15,17-18H,3H2,(H2,13,16). The van der Waals surface area contributed by atoms with E-state index in [2.05, 4.69) is 0 Å². The quantitative estimate of drug-likeness (QED) is 0.413. The van der Waals surface area contributed by atoms with Gasteiger partial charge in [-0.1, -0.05) is 0 Å². The van der Waals surface area contributed by atoms with Gasteiger partial charge >= 0.3 is 5.69 Å². The summed E-state index contributed by atoms with van der Waals surface area (Å²) in [5.41, 5.74) is 3.45. The summed E-state index contributed by atoms with van der Waals surface area (Å²) in [6.45, 7) is 0. The third-order valence-electron chi connectivity index (χ3n) is 2.54. The number of hydrogen-bond donors (Lipinski definition) is 4. The highest BCUT2D eigenvalue weighted by Crippen LogP contribution is 2.36. The number of nitrogens with zero attached hydrogens (tertiary/aromatic N) is 2. The van der Waals surface area contributed by atoms with Crippen molar-refractivity contribution < 1.29 is 25.0 Å². The molecule has 0 aliphatic rings. The minimum atomic E-state index is -1.80. The summed E-state index contributed by atoms with van der Waals surface area (Å²) in [4.78, 5) is 20.4. The molecule has 1 rings (SSSR count). The number of nitriles is 1. The normalized spacial score (nSPS) is 13.2. The van der Waals surface area contributed by atoms with Gasteiger partial charge in [-0.2, -0.15) is 5.26 Å². The smallest absolute Gasteiger partial charge is 0.312 e. The Kier molecular flexibility index (Phi) is 4.58. The molecular formula is C11H11N3O6. The first-order valence-corrected chi connectivity index (χ1v) is 5.33. The number of amides is 1. The molecule has 0 radical (unpaired) electrons. The van der Waals surface area contributed by atoms with Crippen molar-refractivity contribution in [1.29, 1.82) is 5.26 Å². The highest BCUT2D eigenvalue weighted by Gasteiger charge is 2.28. The minimum Gasteiger partial charge on any atom is -0.502 e. The van der Waals surface area contributed by atoms with E-state index in [1.165, 1.54) is 0 Å². The Morgan fingerprint density at radius 1 is 1.50 bits per heavy atom. The molecule has 2 atom stereocenters. The molecule has 1 aromatic rings. The van der Waals surface area contributed by atoms with Crippen LogP contribution in [0, 0.1) is 21.4 Å². The van der Waals surface area contributed by atoms with Crippen molar-refractivity contribution in [3.8, 4) is 11.8 Å². The van der Waals surface area contributed by atoms with Gasteiger partial charge in [0.25, 0.3) is 0 Å². The number of aliphatic hydroxyl groups is 2. The zero-order chi connectivity index (χ0) is 15.4. The Morgan fingerprint density at radius 2 is 2.10 bits per heavy atom. The van der Waals surface area contributed by atoms with Crippen LogP contribution in [0.2, 0.25) is 0 Å². The molecule has 1 amide bonds. The van der Waals surface area contributed by atoms with Crippen molar-refractivity contribution in [2.24, 2.45) is 5.73 Å². The lowest BCUT2D eigenvalue weighted by molar-refractivity contribution is -0.386. The summed E-state index contributed by atoms with van der Waals surface area (Å²) in [5, 5.41) is 48.5. The summed E-state index contributed by atoms with van der Waals surface area (Å²) in [6.07, 6.45) is -4.06. The number of aliphatic hydroxyl groups excluding tert-OH is 2. The second kappa shape index (κ2) is 5.96. The Balaban J connectivity index is 3.30. The van der Waals surface area contributed by atoms with Gasteiger partial charge in [0.1, 0.15) is 6.10 Å². The van der Waals surface area contributed by atoms with Crippen molar-refractivity contribution in [2.75, 3.05) is 0 Å². The predicted octanol–water partition coefficient (Wildman–Crippen LogP) is -0.558. The van der Waals surface area contributed by atoms with E-state index in [1.54, 1.807) is 6.07 Å². The monoisotopic (exact) mass is 281 g/mol. The molecule has 0 saturated carbocycles. The Labute approximate surface area is 112 Å². The number of rotatable bonds is 5. The third-order valence-corrected chi connectivity index (χ3v) is 2.54. The maximum atomic E-state index is 10.7. The van der Waals surface area contributed by atoms with Crippen LogP contribution in [-0.2, 0) is 4.79 Å². The van der Waals surface area contributed by atoms with E-state index in [0.717, 1.165) is 12.1 Å². The van der Waals surface area contributed by atoms with Crippen LogP contribution >= 0.6 is 0 Å². The molecule has 0 saturated heterocycles. The maximum absolute atomic E-state index is 10.7. The number of carbonyl (C=O) groups excluding carboxylic acids is 1. The first kappa shape index (κ1) is 15.4. The fourth-order valence-electron chi connectivity index (χ4n) is 1.60. The summed E-state index contributed by atoms with van der Waals surface area (Å²) >= 11 is 0. The van der Waals surface area contributed by atoms with E-state index >= 15 is 0 Å². The Morgan fingerprint density at radius 3 is 2.55 bits per heavy atom. The van der Waals surface area contributed by atoms with Gasteiger partial charge in [-0.3, -0.25) is 14.9 Å². The van der Waals surface area contributed by atoms with Gasteiger partial charge < -0.3 is 21.1 Å². The molecule has 0 fully saturated rings. The number of nitrogens with two attached hydrogens (primary N) is 1. The van der Waals surface area contributed by atoms with Crippen LogP contribution in [0.3, 0.4) is 0 Å². The van der Waals surface area contributed by atoms with Crippen LogP contribution in [0.25, 0.3) is 0 Å². The molecule has 0 aliphatic heterocycles. The molecule has 20 heavy (non-hydrogen) atoms. The number of nitro benzene ring substituents is 1. The van der Waals surface area contributed by atoms with Gasteiger partial charge in [-0.05, 0) is 6.07 Å². The first-order valence-electron chi connectivity index (χ1n) is 5.33. The number of nitro groups is 1. The number of carbonyl (C=O) groups is 1. The first-order chi connectivity index (χ1) is 9.27. The average Bonchev–Trinajstić information content (AvgIpc) is 2.37. The molecule has 0 spiro atoms. The van der Waals surface area contributed by atoms with Crippen molar-refractivity contribution in [3.63, 3.8) is 0 Å². The lowest BCUT2D eigenvalue weighted by atomic mass is 9.98. The van der Waals surface area contributed by atoms with Crippen molar-refractivity contribution in [2.45, 2.75) is 18.6 Å². The molecule has 9 heteroatoms. The highest BCUT2D eigenvalue weighted by molar-refractivity contribution is 5.74. The van der Waals surface area contributed by atoms with Crippen molar-refractivity contribution in [1.82, 2.24) is 0 Å². The second-order valence-electron chi connectivity index (χ2n) is 3.98. The molecule has 1 aromatic carbocycles. The molecule has 5 N–H and O–H groups in total. The molecule has 0 heterocycles. The molecule has 0 aliphatic carbocycles. The van der Waals surface area contributed by atoms with Gasteiger partial charge in [0, 0.05) is 11.6 Å². The number of primary amides is 1. The van der Waals surface area contributed by atoms with Gasteiger partial charge in [0.15, 0.2) is 5.75 Å². The van der Waals surface area contributed by atoms with Crippen LogP contribution in [0.1, 0.15) is 23.7 Å². The van der Waals surface area contributed by atoms with Gasteiger partial charge in [0.2, 0.25) is 5.91 Å². The largest absolute Gasteiger partial charge is 0.502 e. The molecular weight excluding hydrogens is 270 g/mol. The van der Waals surface area contributed by atoms with E-state index in [-0.39, 0.29) is 5.56 Å². The number of benzene rings is 1. The second-order valence-corrected chi connectivity index (χ2v) is 3.98. The molecule has 0 bridgehead atoms. The summed E-state index contributed by atoms with van der Waals surface area (Å²) in [7, 11) is 0.